The first-order valence-corrected chi connectivity index (χ1v) is 7.51. The second kappa shape index (κ2) is 6.91. The average Bonchev–Trinajstić information content (AvgIpc) is 2.86. The van der Waals surface area contributed by atoms with Crippen LogP contribution in [0.5, 0.6) is 5.75 Å². The lowest BCUT2D eigenvalue weighted by atomic mass is 9.96. The van der Waals surface area contributed by atoms with Gasteiger partial charge in [0.05, 0.1) is 0 Å². The van der Waals surface area contributed by atoms with Gasteiger partial charge in [-0.05, 0) is 37.4 Å². The van der Waals surface area contributed by atoms with Crippen molar-refractivity contribution in [2.75, 3.05) is 13.2 Å². The van der Waals surface area contributed by atoms with E-state index in [1.54, 1.807) is 0 Å². The molecule has 1 saturated carbocycles. The predicted octanol–water partition coefficient (Wildman–Crippen LogP) is 0.986. The topological polar surface area (TPSA) is 84.6 Å². The van der Waals surface area contributed by atoms with Crippen molar-refractivity contribution < 1.29 is 14.6 Å². The van der Waals surface area contributed by atoms with Crippen molar-refractivity contribution in [3.63, 3.8) is 0 Å². The van der Waals surface area contributed by atoms with Gasteiger partial charge in [0.25, 0.3) is 0 Å². The molecule has 2 atom stereocenters. The summed E-state index contributed by atoms with van der Waals surface area (Å²) in [5.41, 5.74) is 5.90. The van der Waals surface area contributed by atoms with Gasteiger partial charge in [-0.2, -0.15) is 0 Å². The summed E-state index contributed by atoms with van der Waals surface area (Å²) in [5.74, 6) is 0.479. The van der Waals surface area contributed by atoms with Crippen molar-refractivity contribution in [1.29, 1.82) is 0 Å². The van der Waals surface area contributed by atoms with E-state index in [2.05, 4.69) is 5.32 Å². The molecule has 0 saturated heterocycles. The van der Waals surface area contributed by atoms with Gasteiger partial charge in [-0.25, -0.2) is 0 Å². The lowest BCUT2D eigenvalue weighted by Crippen LogP contribution is -2.54. The molecule has 0 spiro atoms. The van der Waals surface area contributed by atoms with Crippen LogP contribution in [-0.2, 0) is 11.2 Å². The maximum absolute atomic E-state index is 11.8. The van der Waals surface area contributed by atoms with Crippen molar-refractivity contribution in [3.05, 3.63) is 29.8 Å². The summed E-state index contributed by atoms with van der Waals surface area (Å²) in [6.07, 6.45) is 2.61. The third-order valence-corrected chi connectivity index (χ3v) is 4.10. The molecule has 1 fully saturated rings. The molecule has 4 N–H and O–H groups in total. The summed E-state index contributed by atoms with van der Waals surface area (Å²) in [6.45, 7) is 2.76. The van der Waals surface area contributed by atoms with Gasteiger partial charge in [0.15, 0.2) is 0 Å². The van der Waals surface area contributed by atoms with E-state index in [4.69, 9.17) is 15.6 Å². The SMILES string of the molecule is CCNC1(C(N)=O)CCC(Oc2ccccc2CCO)C1. The van der Waals surface area contributed by atoms with E-state index in [-0.39, 0.29) is 18.6 Å². The van der Waals surface area contributed by atoms with Crippen molar-refractivity contribution in [3.8, 4) is 5.75 Å². The summed E-state index contributed by atoms with van der Waals surface area (Å²) in [6, 6.07) is 7.70. The van der Waals surface area contributed by atoms with E-state index in [0.29, 0.717) is 25.8 Å². The molecule has 1 amide bonds. The maximum Gasteiger partial charge on any atom is 0.237 e. The zero-order valence-corrected chi connectivity index (χ0v) is 12.5. The molecule has 2 unspecified atom stereocenters. The molecule has 0 aromatic heterocycles. The number of hydrogen-bond donors (Lipinski definition) is 3. The number of aliphatic hydroxyl groups excluding tert-OH is 1. The number of primary amides is 1. The first kappa shape index (κ1) is 15.8. The third kappa shape index (κ3) is 3.54. The van der Waals surface area contributed by atoms with Crippen LogP contribution in [0.4, 0.5) is 0 Å². The minimum Gasteiger partial charge on any atom is -0.490 e. The number of ether oxygens (including phenoxy) is 1. The molecule has 5 nitrogen and oxygen atoms in total. The number of aliphatic hydroxyl groups is 1. The predicted molar refractivity (Wildman–Crippen MR) is 81.1 cm³/mol. The van der Waals surface area contributed by atoms with Crippen LogP contribution >= 0.6 is 0 Å². The molecule has 1 aliphatic carbocycles. The Balaban J connectivity index is 2.07. The van der Waals surface area contributed by atoms with Crippen LogP contribution in [0.1, 0.15) is 31.7 Å². The van der Waals surface area contributed by atoms with Gasteiger partial charge in [-0.15, -0.1) is 0 Å². The van der Waals surface area contributed by atoms with Crippen LogP contribution in [0.2, 0.25) is 0 Å². The molecular formula is C16H24N2O3. The molecular weight excluding hydrogens is 268 g/mol. The van der Waals surface area contributed by atoms with Gasteiger partial charge in [0.2, 0.25) is 5.91 Å². The van der Waals surface area contributed by atoms with Gasteiger partial charge in [-0.1, -0.05) is 25.1 Å². The number of nitrogens with one attached hydrogen (secondary N) is 1. The Morgan fingerprint density at radius 2 is 2.29 bits per heavy atom. The van der Waals surface area contributed by atoms with Gasteiger partial charge in [0, 0.05) is 13.0 Å². The lowest BCUT2D eigenvalue weighted by molar-refractivity contribution is -0.124. The monoisotopic (exact) mass is 292 g/mol. The molecule has 0 bridgehead atoms. The summed E-state index contributed by atoms with van der Waals surface area (Å²) in [5, 5.41) is 12.3. The van der Waals surface area contributed by atoms with Crippen molar-refractivity contribution >= 4 is 5.91 Å². The number of hydrogen-bond acceptors (Lipinski definition) is 4. The number of amides is 1. The molecule has 5 heteroatoms. The van der Waals surface area contributed by atoms with Crippen LogP contribution in [0.15, 0.2) is 24.3 Å². The highest BCUT2D eigenvalue weighted by Gasteiger charge is 2.44. The number of benzene rings is 1. The van der Waals surface area contributed by atoms with E-state index in [1.165, 1.54) is 0 Å². The molecule has 0 radical (unpaired) electrons. The fourth-order valence-electron chi connectivity index (χ4n) is 3.04. The molecule has 21 heavy (non-hydrogen) atoms. The van der Waals surface area contributed by atoms with Crippen molar-refractivity contribution in [2.24, 2.45) is 5.73 Å². The van der Waals surface area contributed by atoms with E-state index in [9.17, 15) is 4.79 Å². The van der Waals surface area contributed by atoms with E-state index in [1.807, 2.05) is 31.2 Å². The first-order valence-electron chi connectivity index (χ1n) is 7.51. The number of likely N-dealkylation sites (N-methyl/N-ethyl adjacent to an activating group) is 1. The van der Waals surface area contributed by atoms with Crippen molar-refractivity contribution in [1.82, 2.24) is 5.32 Å². The van der Waals surface area contributed by atoms with Gasteiger partial charge in [0.1, 0.15) is 17.4 Å². The van der Waals surface area contributed by atoms with E-state index < -0.39 is 5.54 Å². The van der Waals surface area contributed by atoms with Crippen LogP contribution < -0.4 is 15.8 Å². The Morgan fingerprint density at radius 1 is 1.52 bits per heavy atom. The van der Waals surface area contributed by atoms with Crippen LogP contribution in [0.3, 0.4) is 0 Å². The molecule has 1 aliphatic rings. The highest BCUT2D eigenvalue weighted by atomic mass is 16.5. The smallest absolute Gasteiger partial charge is 0.237 e. The fraction of sp³-hybridized carbons (Fsp3) is 0.562. The molecule has 2 rings (SSSR count). The van der Waals surface area contributed by atoms with Crippen molar-refractivity contribution in [2.45, 2.75) is 44.2 Å². The molecule has 0 aliphatic heterocycles. The molecule has 1 aromatic carbocycles. The van der Waals surface area contributed by atoms with Crippen LogP contribution in [0, 0.1) is 0 Å². The summed E-state index contributed by atoms with van der Waals surface area (Å²) in [7, 11) is 0. The quantitative estimate of drug-likeness (QED) is 0.699. The van der Waals surface area contributed by atoms with Crippen LogP contribution in [0.25, 0.3) is 0 Å². The summed E-state index contributed by atoms with van der Waals surface area (Å²) >= 11 is 0. The Labute approximate surface area is 125 Å². The second-order valence-corrected chi connectivity index (χ2v) is 5.54. The lowest BCUT2D eigenvalue weighted by Gasteiger charge is -2.26. The highest BCUT2D eigenvalue weighted by molar-refractivity contribution is 5.85. The van der Waals surface area contributed by atoms with Gasteiger partial charge >= 0.3 is 0 Å². The first-order chi connectivity index (χ1) is 10.1. The largest absolute Gasteiger partial charge is 0.490 e. The zero-order chi connectivity index (χ0) is 15.3. The fourth-order valence-corrected chi connectivity index (χ4v) is 3.04. The number of carbonyl (C=O) groups excluding carboxylic acids is 1. The van der Waals surface area contributed by atoms with Gasteiger partial charge in [-0.3, -0.25) is 4.79 Å². The summed E-state index contributed by atoms with van der Waals surface area (Å²) in [4.78, 5) is 11.8. The number of nitrogens with two attached hydrogens (primary N) is 1. The Bertz CT molecular complexity index is 492. The van der Waals surface area contributed by atoms with Crippen LogP contribution in [-0.4, -0.2) is 35.8 Å². The van der Waals surface area contributed by atoms with E-state index in [0.717, 1.165) is 17.7 Å². The van der Waals surface area contributed by atoms with E-state index >= 15 is 0 Å². The maximum atomic E-state index is 11.8. The minimum absolute atomic E-state index is 0.0311. The normalized spacial score (nSPS) is 25.0. The Morgan fingerprint density at radius 3 is 2.95 bits per heavy atom. The van der Waals surface area contributed by atoms with Gasteiger partial charge < -0.3 is 20.9 Å². The summed E-state index contributed by atoms with van der Waals surface area (Å²) < 4.78 is 6.05. The molecule has 1 aromatic rings. The Hall–Kier alpha value is -1.59. The third-order valence-electron chi connectivity index (χ3n) is 4.10. The second-order valence-electron chi connectivity index (χ2n) is 5.54. The number of para-hydroxylation sites is 1. The average molecular weight is 292 g/mol. The highest BCUT2D eigenvalue weighted by Crippen LogP contribution is 2.33. The number of carbonyl (C=O) groups is 1. The minimum atomic E-state index is -0.647. The molecule has 116 valence electrons. The standard InChI is InChI=1S/C16H24N2O3/c1-2-18-16(15(17)20)9-7-13(11-16)21-14-6-4-3-5-12(14)8-10-19/h3-6,13,18-19H,2,7-11H2,1H3,(H2,17,20). The zero-order valence-electron chi connectivity index (χ0n) is 12.5. The number of rotatable bonds is 7. The Kier molecular flexibility index (Phi) is 5.20. The molecule has 0 heterocycles.